The van der Waals surface area contributed by atoms with Gasteiger partial charge in [-0.05, 0) is 31.9 Å². The fraction of sp³-hybridized carbons (Fsp3) is 0.500. The normalized spacial score (nSPS) is 17.2. The second-order valence-electron chi connectivity index (χ2n) is 4.26. The van der Waals surface area contributed by atoms with E-state index in [1.54, 1.807) is 17.0 Å². The molecule has 1 amide bonds. The van der Waals surface area contributed by atoms with E-state index in [-0.39, 0.29) is 11.1 Å². The van der Waals surface area contributed by atoms with Gasteiger partial charge in [0, 0.05) is 18.8 Å². The minimum Gasteiger partial charge on any atom is -0.338 e. The average molecular weight is 257 g/mol. The van der Waals surface area contributed by atoms with Crippen LogP contribution in [0.2, 0.25) is 5.15 Å². The number of carbonyl (C=O) groups excluding carboxylic acids is 1. The van der Waals surface area contributed by atoms with Crippen molar-refractivity contribution in [2.75, 3.05) is 13.1 Å². The maximum absolute atomic E-state index is 13.0. The molecule has 0 bridgehead atoms. The van der Waals surface area contributed by atoms with E-state index in [2.05, 4.69) is 4.98 Å². The standard InChI is InChI=1S/C12H14ClFN2O/c1-8-2-3-10(11(13)15-8)12(17)16-6-4-9(14)5-7-16/h2-3,9H,4-7H2,1H3. The molecule has 0 spiro atoms. The Balaban J connectivity index is 2.14. The molecule has 2 heterocycles. The first-order valence-electron chi connectivity index (χ1n) is 5.64. The highest BCUT2D eigenvalue weighted by Gasteiger charge is 2.24. The summed E-state index contributed by atoms with van der Waals surface area (Å²) in [7, 11) is 0. The molecule has 0 saturated carbocycles. The van der Waals surface area contributed by atoms with Crippen LogP contribution in [0.1, 0.15) is 28.9 Å². The van der Waals surface area contributed by atoms with Crippen LogP contribution in [0.5, 0.6) is 0 Å². The van der Waals surface area contributed by atoms with Gasteiger partial charge in [0.1, 0.15) is 11.3 Å². The lowest BCUT2D eigenvalue weighted by Gasteiger charge is -2.28. The minimum atomic E-state index is -0.786. The number of aromatic nitrogens is 1. The van der Waals surface area contributed by atoms with Crippen molar-refractivity contribution in [2.24, 2.45) is 0 Å². The molecule has 0 N–H and O–H groups in total. The van der Waals surface area contributed by atoms with Crippen LogP contribution in [0.4, 0.5) is 4.39 Å². The molecule has 1 aromatic rings. The molecule has 0 atom stereocenters. The highest BCUT2D eigenvalue weighted by atomic mass is 35.5. The van der Waals surface area contributed by atoms with Crippen molar-refractivity contribution >= 4 is 17.5 Å². The number of halogens is 2. The molecule has 1 saturated heterocycles. The van der Waals surface area contributed by atoms with Crippen molar-refractivity contribution in [1.82, 2.24) is 9.88 Å². The molecule has 0 aromatic carbocycles. The smallest absolute Gasteiger partial charge is 0.256 e. The molecule has 92 valence electrons. The molecule has 1 aliphatic heterocycles. The van der Waals surface area contributed by atoms with Gasteiger partial charge in [0.15, 0.2) is 0 Å². The third-order valence-electron chi connectivity index (χ3n) is 2.93. The van der Waals surface area contributed by atoms with Crippen molar-refractivity contribution in [3.63, 3.8) is 0 Å². The average Bonchev–Trinajstić information content (AvgIpc) is 2.29. The summed E-state index contributed by atoms with van der Waals surface area (Å²) < 4.78 is 13.0. The van der Waals surface area contributed by atoms with Crippen molar-refractivity contribution in [1.29, 1.82) is 0 Å². The van der Waals surface area contributed by atoms with E-state index in [0.29, 0.717) is 31.5 Å². The zero-order chi connectivity index (χ0) is 12.4. The van der Waals surface area contributed by atoms with Crippen LogP contribution in [0, 0.1) is 6.92 Å². The Bertz CT molecular complexity index is 431. The third-order valence-corrected chi connectivity index (χ3v) is 3.22. The van der Waals surface area contributed by atoms with Crippen LogP contribution >= 0.6 is 11.6 Å². The number of pyridine rings is 1. The van der Waals surface area contributed by atoms with Crippen LogP contribution in [0.15, 0.2) is 12.1 Å². The zero-order valence-corrected chi connectivity index (χ0v) is 10.4. The van der Waals surface area contributed by atoms with Gasteiger partial charge in [-0.2, -0.15) is 0 Å². The SMILES string of the molecule is Cc1ccc(C(=O)N2CCC(F)CC2)c(Cl)n1. The van der Waals surface area contributed by atoms with Gasteiger partial charge in [-0.1, -0.05) is 11.6 Å². The summed E-state index contributed by atoms with van der Waals surface area (Å²) in [5, 5.41) is 0.220. The van der Waals surface area contributed by atoms with Crippen LogP contribution in [-0.4, -0.2) is 35.1 Å². The predicted octanol–water partition coefficient (Wildman–Crippen LogP) is 2.62. The highest BCUT2D eigenvalue weighted by Crippen LogP contribution is 2.20. The summed E-state index contributed by atoms with van der Waals surface area (Å²) in [6, 6.07) is 3.43. The Morgan fingerprint density at radius 1 is 1.47 bits per heavy atom. The van der Waals surface area contributed by atoms with E-state index >= 15 is 0 Å². The second kappa shape index (κ2) is 5.00. The third kappa shape index (κ3) is 2.75. The molecule has 3 nitrogen and oxygen atoms in total. The van der Waals surface area contributed by atoms with E-state index in [0.717, 1.165) is 5.69 Å². The number of piperidine rings is 1. The number of hydrogen-bond acceptors (Lipinski definition) is 2. The largest absolute Gasteiger partial charge is 0.338 e. The van der Waals surface area contributed by atoms with Crippen molar-refractivity contribution in [2.45, 2.75) is 25.9 Å². The van der Waals surface area contributed by atoms with E-state index in [1.807, 2.05) is 6.92 Å². The molecule has 5 heteroatoms. The fourth-order valence-electron chi connectivity index (χ4n) is 1.91. The fourth-order valence-corrected chi connectivity index (χ4v) is 2.18. The summed E-state index contributed by atoms with van der Waals surface area (Å²) in [6.45, 7) is 2.71. The van der Waals surface area contributed by atoms with E-state index < -0.39 is 6.17 Å². The van der Waals surface area contributed by atoms with Gasteiger partial charge >= 0.3 is 0 Å². The van der Waals surface area contributed by atoms with Gasteiger partial charge in [0.2, 0.25) is 0 Å². The second-order valence-corrected chi connectivity index (χ2v) is 4.62. The molecule has 1 aromatic heterocycles. The molecule has 0 aliphatic carbocycles. The lowest BCUT2D eigenvalue weighted by atomic mass is 10.1. The van der Waals surface area contributed by atoms with Crippen molar-refractivity contribution < 1.29 is 9.18 Å². The monoisotopic (exact) mass is 256 g/mol. The number of amides is 1. The predicted molar refractivity (Wildman–Crippen MR) is 64.0 cm³/mol. The molecule has 1 fully saturated rings. The van der Waals surface area contributed by atoms with Crippen LogP contribution in [0.3, 0.4) is 0 Å². The zero-order valence-electron chi connectivity index (χ0n) is 9.62. The van der Waals surface area contributed by atoms with E-state index in [4.69, 9.17) is 11.6 Å². The van der Waals surface area contributed by atoms with E-state index in [1.165, 1.54) is 0 Å². The Morgan fingerprint density at radius 3 is 2.71 bits per heavy atom. The first-order valence-corrected chi connectivity index (χ1v) is 6.02. The Kier molecular flexibility index (Phi) is 3.62. The lowest BCUT2D eigenvalue weighted by molar-refractivity contribution is 0.0667. The van der Waals surface area contributed by atoms with E-state index in [9.17, 15) is 9.18 Å². The first kappa shape index (κ1) is 12.3. The highest BCUT2D eigenvalue weighted by molar-refractivity contribution is 6.32. The Labute approximate surface area is 105 Å². The molecular formula is C12H14ClFN2O. The molecule has 1 aliphatic rings. The van der Waals surface area contributed by atoms with Gasteiger partial charge in [0.25, 0.3) is 5.91 Å². The lowest BCUT2D eigenvalue weighted by Crippen LogP contribution is -2.39. The summed E-state index contributed by atoms with van der Waals surface area (Å²) in [6.07, 6.45) is 0.0244. The molecule has 2 rings (SSSR count). The number of nitrogens with zero attached hydrogens (tertiary/aromatic N) is 2. The van der Waals surface area contributed by atoms with Crippen molar-refractivity contribution in [3.05, 3.63) is 28.5 Å². The van der Waals surface area contributed by atoms with Crippen LogP contribution < -0.4 is 0 Å². The molecule has 0 unspecified atom stereocenters. The molecular weight excluding hydrogens is 243 g/mol. The maximum Gasteiger partial charge on any atom is 0.256 e. The number of rotatable bonds is 1. The van der Waals surface area contributed by atoms with Gasteiger partial charge < -0.3 is 4.90 Å². The van der Waals surface area contributed by atoms with Gasteiger partial charge in [-0.25, -0.2) is 9.37 Å². The Morgan fingerprint density at radius 2 is 2.12 bits per heavy atom. The first-order chi connectivity index (χ1) is 8.08. The topological polar surface area (TPSA) is 33.2 Å². The number of aryl methyl sites for hydroxylation is 1. The van der Waals surface area contributed by atoms with Crippen LogP contribution in [0.25, 0.3) is 0 Å². The summed E-state index contributed by atoms with van der Waals surface area (Å²) in [5.74, 6) is -0.158. The van der Waals surface area contributed by atoms with Gasteiger partial charge in [0.05, 0.1) is 5.56 Å². The number of hydrogen-bond donors (Lipinski definition) is 0. The van der Waals surface area contributed by atoms with Gasteiger partial charge in [-0.15, -0.1) is 0 Å². The summed E-state index contributed by atoms with van der Waals surface area (Å²) in [4.78, 5) is 17.8. The van der Waals surface area contributed by atoms with Gasteiger partial charge in [-0.3, -0.25) is 4.79 Å². The number of alkyl halides is 1. The molecule has 17 heavy (non-hydrogen) atoms. The van der Waals surface area contributed by atoms with Crippen LogP contribution in [-0.2, 0) is 0 Å². The molecule has 0 radical (unpaired) electrons. The number of likely N-dealkylation sites (tertiary alicyclic amines) is 1. The number of carbonyl (C=O) groups is 1. The maximum atomic E-state index is 13.0. The summed E-state index contributed by atoms with van der Waals surface area (Å²) in [5.41, 5.74) is 1.17. The minimum absolute atomic E-state index is 0.158. The Hall–Kier alpha value is -1.16. The quantitative estimate of drug-likeness (QED) is 0.724. The summed E-state index contributed by atoms with van der Waals surface area (Å²) >= 11 is 5.94. The van der Waals surface area contributed by atoms with Crippen molar-refractivity contribution in [3.8, 4) is 0 Å².